The topological polar surface area (TPSA) is 138 Å². The van der Waals surface area contributed by atoms with E-state index in [-0.39, 0.29) is 32.2 Å². The summed E-state index contributed by atoms with van der Waals surface area (Å²) < 4.78 is 17.3. The first-order chi connectivity index (χ1) is 19.7. The number of nitrogens with zero attached hydrogens (tertiary/aromatic N) is 1. The molecule has 2 amide bonds. The van der Waals surface area contributed by atoms with E-state index in [1.54, 1.807) is 30.2 Å². The maximum absolute atomic E-state index is 13.6. The number of nitrogens with one attached hydrogen (secondary N) is 1. The van der Waals surface area contributed by atoms with Gasteiger partial charge in [-0.1, -0.05) is 23.8 Å². The second-order valence-electron chi connectivity index (χ2n) is 10.3. The van der Waals surface area contributed by atoms with Crippen molar-refractivity contribution in [2.24, 2.45) is 0 Å². The van der Waals surface area contributed by atoms with Crippen molar-refractivity contribution in [3.8, 4) is 17.2 Å². The zero-order valence-corrected chi connectivity index (χ0v) is 23.8. The van der Waals surface area contributed by atoms with Crippen LogP contribution in [0.4, 0.5) is 0 Å². The van der Waals surface area contributed by atoms with Crippen LogP contribution < -0.4 is 19.5 Å². The Morgan fingerprint density at radius 1 is 1.10 bits per heavy atom. The fraction of sp³-hybridized carbons (Fsp3) is 0.419. The molecule has 1 aliphatic heterocycles. The molecule has 4 rings (SSSR count). The van der Waals surface area contributed by atoms with Crippen molar-refractivity contribution < 1.29 is 39.1 Å². The van der Waals surface area contributed by atoms with Gasteiger partial charge in [-0.05, 0) is 55.7 Å². The van der Waals surface area contributed by atoms with Crippen molar-refractivity contribution in [1.82, 2.24) is 10.2 Å². The largest absolute Gasteiger partial charge is 0.496 e. The lowest BCUT2D eigenvalue weighted by Crippen LogP contribution is -2.56. The van der Waals surface area contributed by atoms with Crippen LogP contribution >= 0.6 is 0 Å². The van der Waals surface area contributed by atoms with Gasteiger partial charge in [0.05, 0.1) is 39.4 Å². The maximum atomic E-state index is 13.6. The number of methoxy groups -OCH3 is 2. The molecular formula is C31H38N2O8. The monoisotopic (exact) mass is 566 g/mol. The summed E-state index contributed by atoms with van der Waals surface area (Å²) in [6, 6.07) is 10.00. The van der Waals surface area contributed by atoms with Crippen LogP contribution in [-0.4, -0.2) is 84.2 Å². The summed E-state index contributed by atoms with van der Waals surface area (Å²) in [5.74, 6) is -0.0262. The molecule has 4 atom stereocenters. The van der Waals surface area contributed by atoms with Crippen LogP contribution in [0.5, 0.6) is 17.2 Å². The molecule has 4 N–H and O–H groups in total. The Hall–Kier alpha value is -3.86. The van der Waals surface area contributed by atoms with E-state index in [9.17, 15) is 24.9 Å². The maximum Gasteiger partial charge on any atom is 0.247 e. The average molecular weight is 567 g/mol. The van der Waals surface area contributed by atoms with Crippen LogP contribution in [-0.2, 0) is 22.6 Å². The minimum Gasteiger partial charge on any atom is -0.496 e. The summed E-state index contributed by atoms with van der Waals surface area (Å²) >= 11 is 0. The van der Waals surface area contributed by atoms with Gasteiger partial charge in [0.1, 0.15) is 18.0 Å². The van der Waals surface area contributed by atoms with E-state index in [1.165, 1.54) is 13.2 Å². The first-order valence-corrected chi connectivity index (χ1v) is 13.6. The highest BCUT2D eigenvalue weighted by molar-refractivity contribution is 5.96. The van der Waals surface area contributed by atoms with Gasteiger partial charge in [0.15, 0.2) is 11.5 Å². The van der Waals surface area contributed by atoms with E-state index in [4.69, 9.17) is 14.2 Å². The number of ether oxygens (including phenoxy) is 3. The summed E-state index contributed by atoms with van der Waals surface area (Å²) in [6.07, 6.45) is 1.45. The Morgan fingerprint density at radius 3 is 2.49 bits per heavy atom. The average Bonchev–Trinajstić information content (AvgIpc) is 3.36. The second-order valence-corrected chi connectivity index (χ2v) is 10.3. The standard InChI is InChI=1S/C31H38N2O8/c1-18(2)13-26(36)33(11-9-20-7-5-6-8-24(20)39-3)23-16-22(31(38)32-10-12-34)27-21-14-19(17-35)15-25(40-4)29(21)41-30(27)28(23)37/h5-8,13-16,23,27-28,30,34-35,37H,9-12,17H2,1-4H3,(H,32,38)/t23-,27+,28+,30+/m1/s1. The fourth-order valence-corrected chi connectivity index (χ4v) is 5.51. The minimum atomic E-state index is -1.20. The number of carbonyl (C=O) groups is 2. The highest BCUT2D eigenvalue weighted by atomic mass is 16.5. The van der Waals surface area contributed by atoms with Crippen LogP contribution in [0.15, 0.2) is 59.7 Å². The molecule has 2 aromatic carbocycles. The second kappa shape index (κ2) is 13.2. The molecule has 10 nitrogen and oxygen atoms in total. The van der Waals surface area contributed by atoms with Crippen molar-refractivity contribution in [3.63, 3.8) is 0 Å². The lowest BCUT2D eigenvalue weighted by molar-refractivity contribution is -0.132. The number of rotatable bonds is 11. The molecule has 0 unspecified atom stereocenters. The van der Waals surface area contributed by atoms with Gasteiger partial charge in [0.2, 0.25) is 11.8 Å². The molecule has 0 saturated carbocycles. The third kappa shape index (κ3) is 6.24. The smallest absolute Gasteiger partial charge is 0.247 e. The zero-order chi connectivity index (χ0) is 29.7. The summed E-state index contributed by atoms with van der Waals surface area (Å²) in [5.41, 5.74) is 3.13. The molecule has 220 valence electrons. The normalized spacial score (nSPS) is 20.6. The lowest BCUT2D eigenvalue weighted by Gasteiger charge is -2.40. The Labute approximate surface area is 239 Å². The number of hydrogen-bond acceptors (Lipinski definition) is 8. The highest BCUT2D eigenvalue weighted by Crippen LogP contribution is 2.51. The molecule has 2 aliphatic rings. The predicted molar refractivity (Wildman–Crippen MR) is 152 cm³/mol. The lowest BCUT2D eigenvalue weighted by atomic mass is 9.77. The van der Waals surface area contributed by atoms with Gasteiger partial charge >= 0.3 is 0 Å². The van der Waals surface area contributed by atoms with Crippen molar-refractivity contribution in [3.05, 3.63) is 76.4 Å². The Kier molecular flexibility index (Phi) is 9.69. The summed E-state index contributed by atoms with van der Waals surface area (Å²) in [5, 5.41) is 33.6. The predicted octanol–water partition coefficient (Wildman–Crippen LogP) is 1.86. The van der Waals surface area contributed by atoms with Crippen molar-refractivity contribution in [2.45, 2.75) is 51.0 Å². The molecular weight excluding hydrogens is 528 g/mol. The highest BCUT2D eigenvalue weighted by Gasteiger charge is 2.51. The Morgan fingerprint density at radius 2 is 1.83 bits per heavy atom. The van der Waals surface area contributed by atoms with E-state index in [0.29, 0.717) is 40.4 Å². The molecule has 0 aromatic heterocycles. The van der Waals surface area contributed by atoms with Crippen molar-refractivity contribution in [2.75, 3.05) is 33.9 Å². The summed E-state index contributed by atoms with van der Waals surface area (Å²) in [6.45, 7) is 3.39. The molecule has 0 radical (unpaired) electrons. The van der Waals surface area contributed by atoms with Gasteiger partial charge in [-0.3, -0.25) is 9.59 Å². The molecule has 0 saturated heterocycles. The number of aliphatic hydroxyl groups is 3. The first-order valence-electron chi connectivity index (χ1n) is 13.6. The van der Waals surface area contributed by atoms with E-state index >= 15 is 0 Å². The van der Waals surface area contributed by atoms with Crippen LogP contribution in [0.1, 0.15) is 36.5 Å². The summed E-state index contributed by atoms with van der Waals surface area (Å²) in [7, 11) is 3.06. The van der Waals surface area contributed by atoms with E-state index < -0.39 is 30.1 Å². The molecule has 0 fully saturated rings. The Bertz CT molecular complexity index is 1330. The van der Waals surface area contributed by atoms with Gasteiger partial charge in [-0.2, -0.15) is 0 Å². The number of carbonyl (C=O) groups excluding carboxylic acids is 2. The third-order valence-electron chi connectivity index (χ3n) is 7.36. The van der Waals surface area contributed by atoms with Crippen molar-refractivity contribution >= 4 is 11.8 Å². The van der Waals surface area contributed by atoms with Gasteiger partial charge in [0.25, 0.3) is 0 Å². The van der Waals surface area contributed by atoms with Gasteiger partial charge in [-0.25, -0.2) is 0 Å². The zero-order valence-electron chi connectivity index (χ0n) is 23.8. The van der Waals surface area contributed by atoms with E-state index in [2.05, 4.69) is 5.32 Å². The minimum absolute atomic E-state index is 0.0305. The van der Waals surface area contributed by atoms with Crippen LogP contribution in [0, 0.1) is 0 Å². The van der Waals surface area contributed by atoms with Crippen molar-refractivity contribution in [1.29, 1.82) is 0 Å². The quantitative estimate of drug-likeness (QED) is 0.303. The molecule has 1 heterocycles. The van der Waals surface area contributed by atoms with Gasteiger partial charge in [-0.15, -0.1) is 0 Å². The number of allylic oxidation sites excluding steroid dienone is 1. The third-order valence-corrected chi connectivity index (χ3v) is 7.36. The summed E-state index contributed by atoms with van der Waals surface area (Å²) in [4.78, 5) is 28.6. The first kappa shape index (κ1) is 30.1. The molecule has 1 aliphatic carbocycles. The van der Waals surface area contributed by atoms with E-state index in [0.717, 1.165) is 11.1 Å². The number of aliphatic hydroxyl groups excluding tert-OH is 3. The van der Waals surface area contributed by atoms with Crippen LogP contribution in [0.2, 0.25) is 0 Å². The number of benzene rings is 2. The number of fused-ring (bicyclic) bond motifs is 3. The SMILES string of the molecule is COc1ccccc1CCN(C(=O)C=C(C)C)[C@@H]1C=C(C(=O)NCCO)[C@@H]2c3cc(CO)cc(OC)c3O[C@@H]2[C@H]1O. The van der Waals surface area contributed by atoms with Crippen LogP contribution in [0.25, 0.3) is 0 Å². The Balaban J connectivity index is 1.79. The molecule has 0 spiro atoms. The molecule has 2 aromatic rings. The van der Waals surface area contributed by atoms with Crippen LogP contribution in [0.3, 0.4) is 0 Å². The van der Waals surface area contributed by atoms with Gasteiger partial charge in [0, 0.05) is 30.3 Å². The molecule has 10 heteroatoms. The number of para-hydroxylation sites is 1. The number of amides is 2. The fourth-order valence-electron chi connectivity index (χ4n) is 5.51. The van der Waals surface area contributed by atoms with E-state index in [1.807, 2.05) is 38.1 Å². The van der Waals surface area contributed by atoms with Gasteiger partial charge < -0.3 is 39.7 Å². The molecule has 0 bridgehead atoms. The molecule has 41 heavy (non-hydrogen) atoms. The number of hydrogen-bond donors (Lipinski definition) is 4.